The lowest BCUT2D eigenvalue weighted by atomic mass is 9.83. The Morgan fingerprint density at radius 3 is 2.18 bits per heavy atom. The van der Waals surface area contributed by atoms with Crippen molar-refractivity contribution in [3.8, 4) is 6.07 Å². The van der Waals surface area contributed by atoms with E-state index in [1.54, 1.807) is 0 Å². The summed E-state index contributed by atoms with van der Waals surface area (Å²) in [5.41, 5.74) is 4.56. The Balaban J connectivity index is 2.15. The lowest BCUT2D eigenvalue weighted by molar-refractivity contribution is -0.140. The van der Waals surface area contributed by atoms with Gasteiger partial charge in [-0.05, 0) is 48.6 Å². The smallest absolute Gasteiger partial charge is 0.271 e. The van der Waals surface area contributed by atoms with E-state index in [0.717, 1.165) is 44.3 Å². The zero-order valence-corrected chi connectivity index (χ0v) is 21.3. The van der Waals surface area contributed by atoms with Crippen molar-refractivity contribution in [2.24, 2.45) is 0 Å². The number of hydrogen-bond acceptors (Lipinski definition) is 4. The maximum absolute atomic E-state index is 13.5. The van der Waals surface area contributed by atoms with E-state index in [1.807, 2.05) is 26.0 Å². The molecule has 2 aliphatic heterocycles. The summed E-state index contributed by atoms with van der Waals surface area (Å²) < 4.78 is 0. The molecule has 2 amide bonds. The van der Waals surface area contributed by atoms with Crippen LogP contribution in [0.3, 0.4) is 0 Å². The molecule has 2 aliphatic rings. The van der Waals surface area contributed by atoms with Gasteiger partial charge in [0.15, 0.2) is 0 Å². The van der Waals surface area contributed by atoms with Crippen LogP contribution in [0.2, 0.25) is 0 Å². The van der Waals surface area contributed by atoms with Gasteiger partial charge in [-0.25, -0.2) is 0 Å². The van der Waals surface area contributed by atoms with Crippen molar-refractivity contribution >= 4 is 17.5 Å². The topological polar surface area (TPSA) is 64.4 Å². The van der Waals surface area contributed by atoms with Crippen LogP contribution in [0.5, 0.6) is 0 Å². The van der Waals surface area contributed by atoms with E-state index in [2.05, 4.69) is 56.0 Å². The third-order valence-electron chi connectivity index (χ3n) is 6.85. The molecule has 0 fully saturated rings. The van der Waals surface area contributed by atoms with Crippen LogP contribution in [0.15, 0.2) is 58.8 Å². The summed E-state index contributed by atoms with van der Waals surface area (Å²) >= 11 is 0. The highest BCUT2D eigenvalue weighted by atomic mass is 16.2. The number of unbranched alkanes of at least 4 members (excludes halogenated alkanes) is 2. The Labute approximate surface area is 204 Å². The minimum absolute atomic E-state index is 0.110. The summed E-state index contributed by atoms with van der Waals surface area (Å²) in [6.07, 6.45) is 8.93. The van der Waals surface area contributed by atoms with E-state index in [9.17, 15) is 14.9 Å². The highest BCUT2D eigenvalue weighted by Gasteiger charge is 2.40. The molecule has 0 unspecified atom stereocenters. The van der Waals surface area contributed by atoms with E-state index in [1.165, 1.54) is 16.2 Å². The Hall–Kier alpha value is -3.13. The molecule has 0 aliphatic carbocycles. The molecule has 5 nitrogen and oxygen atoms in total. The Bertz CT molecular complexity index is 1080. The average Bonchev–Trinajstić information content (AvgIpc) is 3.04. The SMILES string of the molecule is CCCCN1C(=O)C(C#N)=C(CCC)/C(=C\C=C2/N(CCCC)c3ccccc3C2(C)C)C1=O. The van der Waals surface area contributed by atoms with Crippen molar-refractivity contribution in [2.75, 3.05) is 18.0 Å². The number of para-hydroxylation sites is 1. The van der Waals surface area contributed by atoms with Gasteiger partial charge < -0.3 is 4.90 Å². The Morgan fingerprint density at radius 1 is 0.912 bits per heavy atom. The van der Waals surface area contributed by atoms with Gasteiger partial charge in [0, 0.05) is 35.5 Å². The fraction of sp³-hybridized carbons (Fsp3) is 0.483. The van der Waals surface area contributed by atoms with E-state index in [0.29, 0.717) is 24.1 Å². The van der Waals surface area contributed by atoms with Crippen molar-refractivity contribution < 1.29 is 9.59 Å². The van der Waals surface area contributed by atoms with Crippen LogP contribution >= 0.6 is 0 Å². The highest BCUT2D eigenvalue weighted by Crippen LogP contribution is 2.47. The minimum Gasteiger partial charge on any atom is -0.344 e. The van der Waals surface area contributed by atoms with Crippen LogP contribution in [-0.4, -0.2) is 29.8 Å². The number of nitrogens with zero attached hydrogens (tertiary/aromatic N) is 3. The normalized spacial score (nSPS) is 19.9. The summed E-state index contributed by atoms with van der Waals surface area (Å²) in [6.45, 7) is 11.9. The molecule has 5 heteroatoms. The third kappa shape index (κ3) is 4.59. The zero-order valence-electron chi connectivity index (χ0n) is 21.3. The first-order valence-electron chi connectivity index (χ1n) is 12.6. The number of hydrogen-bond donors (Lipinski definition) is 0. The van der Waals surface area contributed by atoms with Crippen LogP contribution in [0, 0.1) is 11.3 Å². The lowest BCUT2D eigenvalue weighted by Gasteiger charge is -2.29. The number of carbonyl (C=O) groups excluding carboxylic acids is 2. The minimum atomic E-state index is -0.452. The predicted octanol–water partition coefficient (Wildman–Crippen LogP) is 6.18. The van der Waals surface area contributed by atoms with Crippen molar-refractivity contribution in [1.29, 1.82) is 5.26 Å². The molecule has 180 valence electrons. The molecule has 1 aromatic rings. The van der Waals surface area contributed by atoms with Gasteiger partial charge in [0.25, 0.3) is 11.8 Å². The number of fused-ring (bicyclic) bond motifs is 1. The average molecular weight is 460 g/mol. The highest BCUT2D eigenvalue weighted by molar-refractivity contribution is 6.18. The molecule has 1 aromatic carbocycles. The standard InChI is InChI=1S/C29H37N3O2/c1-6-9-18-31-25-15-12-11-14-24(25)29(4,5)26(31)17-16-22-21(13-8-3)23(20-30)28(34)32(27(22)33)19-10-7-2/h11-12,14-17H,6-10,13,18-19H2,1-5H3/b22-16+,26-17-. The number of nitriles is 1. The van der Waals surface area contributed by atoms with E-state index < -0.39 is 5.91 Å². The molecule has 0 aromatic heterocycles. The first-order chi connectivity index (χ1) is 16.3. The van der Waals surface area contributed by atoms with Crippen molar-refractivity contribution in [3.63, 3.8) is 0 Å². The first kappa shape index (κ1) is 25.5. The third-order valence-corrected chi connectivity index (χ3v) is 6.85. The molecule has 0 spiro atoms. The number of anilines is 1. The van der Waals surface area contributed by atoms with E-state index in [4.69, 9.17) is 0 Å². The van der Waals surface area contributed by atoms with Gasteiger partial charge >= 0.3 is 0 Å². The van der Waals surface area contributed by atoms with Gasteiger partial charge in [0.05, 0.1) is 0 Å². The molecule has 0 atom stereocenters. The van der Waals surface area contributed by atoms with Crippen LogP contribution in [0.1, 0.15) is 78.7 Å². The number of carbonyl (C=O) groups is 2. The molecular formula is C29H37N3O2. The number of imide groups is 1. The van der Waals surface area contributed by atoms with E-state index in [-0.39, 0.29) is 16.9 Å². The number of amides is 2. The second kappa shape index (κ2) is 10.9. The molecule has 0 saturated heterocycles. The van der Waals surface area contributed by atoms with E-state index >= 15 is 0 Å². The molecule has 0 radical (unpaired) electrons. The molecule has 2 heterocycles. The number of allylic oxidation sites excluding steroid dienone is 3. The molecule has 0 saturated carbocycles. The maximum Gasteiger partial charge on any atom is 0.271 e. The monoisotopic (exact) mass is 459 g/mol. The van der Waals surface area contributed by atoms with Gasteiger partial charge in [0.1, 0.15) is 11.6 Å². The van der Waals surface area contributed by atoms with Crippen molar-refractivity contribution in [2.45, 2.75) is 78.6 Å². The van der Waals surface area contributed by atoms with Gasteiger partial charge in [-0.3, -0.25) is 14.5 Å². The van der Waals surface area contributed by atoms with Gasteiger partial charge in [-0.2, -0.15) is 5.26 Å². The quantitative estimate of drug-likeness (QED) is 0.326. The molecule has 0 bridgehead atoms. The summed E-state index contributed by atoms with van der Waals surface area (Å²) in [6, 6.07) is 10.6. The summed E-state index contributed by atoms with van der Waals surface area (Å²) in [5, 5.41) is 9.81. The summed E-state index contributed by atoms with van der Waals surface area (Å²) in [7, 11) is 0. The largest absolute Gasteiger partial charge is 0.344 e. The predicted molar refractivity (Wildman–Crippen MR) is 137 cm³/mol. The fourth-order valence-electron chi connectivity index (χ4n) is 4.94. The van der Waals surface area contributed by atoms with Crippen LogP contribution in [0.25, 0.3) is 0 Å². The summed E-state index contributed by atoms with van der Waals surface area (Å²) in [5.74, 6) is -0.737. The number of benzene rings is 1. The molecule has 0 N–H and O–H groups in total. The van der Waals surface area contributed by atoms with Crippen LogP contribution in [0.4, 0.5) is 5.69 Å². The van der Waals surface area contributed by atoms with Gasteiger partial charge in [0.2, 0.25) is 0 Å². The zero-order chi connectivity index (χ0) is 24.9. The first-order valence-corrected chi connectivity index (χ1v) is 12.6. The number of rotatable bonds is 9. The van der Waals surface area contributed by atoms with Crippen LogP contribution < -0.4 is 4.90 Å². The second-order valence-electron chi connectivity index (χ2n) is 9.61. The Kier molecular flexibility index (Phi) is 8.15. The molecule has 3 rings (SSSR count). The van der Waals surface area contributed by atoms with Gasteiger partial charge in [-0.15, -0.1) is 0 Å². The van der Waals surface area contributed by atoms with Crippen LogP contribution in [-0.2, 0) is 15.0 Å². The fourth-order valence-corrected chi connectivity index (χ4v) is 4.94. The second-order valence-corrected chi connectivity index (χ2v) is 9.61. The molecular weight excluding hydrogens is 422 g/mol. The Morgan fingerprint density at radius 2 is 1.56 bits per heavy atom. The summed E-state index contributed by atoms with van der Waals surface area (Å²) in [4.78, 5) is 30.1. The maximum atomic E-state index is 13.5. The lowest BCUT2D eigenvalue weighted by Crippen LogP contribution is -2.43. The van der Waals surface area contributed by atoms with Crippen molar-refractivity contribution in [3.05, 3.63) is 64.4 Å². The van der Waals surface area contributed by atoms with Crippen molar-refractivity contribution in [1.82, 2.24) is 4.90 Å². The van der Waals surface area contributed by atoms with Gasteiger partial charge in [-0.1, -0.05) is 72.1 Å². The molecule has 34 heavy (non-hydrogen) atoms.